The quantitative estimate of drug-likeness (QED) is 0.473. The molecule has 0 bridgehead atoms. The molecular formula is C10H10FN5O. The van der Waals surface area contributed by atoms with Crippen LogP contribution in [0.4, 0.5) is 16.0 Å². The molecule has 0 fully saturated rings. The number of carbonyl (C=O) groups is 1. The fraction of sp³-hybridized carbons (Fsp3) is 0. The number of para-hydroxylation sites is 1. The highest BCUT2D eigenvalue weighted by atomic mass is 19.1. The second-order valence-electron chi connectivity index (χ2n) is 3.20. The fourth-order valence-electron chi connectivity index (χ4n) is 1.37. The summed E-state index contributed by atoms with van der Waals surface area (Å²) < 4.78 is 13.3. The molecule has 0 radical (unpaired) electrons. The Balaban J connectivity index is 2.28. The molecule has 1 heterocycles. The van der Waals surface area contributed by atoms with Gasteiger partial charge in [-0.05, 0) is 12.1 Å². The van der Waals surface area contributed by atoms with Crippen LogP contribution in [0, 0.1) is 5.82 Å². The molecular weight excluding hydrogens is 225 g/mol. The van der Waals surface area contributed by atoms with E-state index in [1.54, 1.807) is 6.20 Å². The van der Waals surface area contributed by atoms with Crippen LogP contribution in [0.5, 0.6) is 0 Å². The number of nitrogens with two attached hydrogens (primary N) is 1. The number of nitrogens with one attached hydrogen (secondary N) is 3. The minimum Gasteiger partial charge on any atom is -0.331 e. The Morgan fingerprint density at radius 2 is 2.29 bits per heavy atom. The third-order valence-corrected chi connectivity index (χ3v) is 2.13. The maximum atomic E-state index is 13.3. The second kappa shape index (κ2) is 4.62. The van der Waals surface area contributed by atoms with Crippen LogP contribution in [-0.2, 0) is 0 Å². The van der Waals surface area contributed by atoms with Gasteiger partial charge in [0, 0.05) is 12.4 Å². The summed E-state index contributed by atoms with van der Waals surface area (Å²) in [5, 5.41) is 2.47. The lowest BCUT2D eigenvalue weighted by atomic mass is 10.1. The molecule has 5 N–H and O–H groups in total. The first-order valence-corrected chi connectivity index (χ1v) is 4.78. The molecule has 0 saturated heterocycles. The van der Waals surface area contributed by atoms with Crippen molar-refractivity contribution in [2.75, 3.05) is 10.7 Å². The molecule has 6 nitrogen and oxygen atoms in total. The fourth-order valence-corrected chi connectivity index (χ4v) is 1.37. The average molecular weight is 235 g/mol. The lowest BCUT2D eigenvalue weighted by molar-refractivity contribution is 0.102. The molecule has 0 aliphatic carbocycles. The SMILES string of the molecule is NNc1c(F)cccc1C(=O)Nc1ncc[nH]1. The molecule has 88 valence electrons. The molecule has 0 aliphatic heterocycles. The number of nitrogens with zero attached hydrogens (tertiary/aromatic N) is 1. The van der Waals surface area contributed by atoms with Gasteiger partial charge in [-0.2, -0.15) is 0 Å². The minimum absolute atomic E-state index is 0.0587. The van der Waals surface area contributed by atoms with Gasteiger partial charge < -0.3 is 10.4 Å². The van der Waals surface area contributed by atoms with Crippen LogP contribution in [0.3, 0.4) is 0 Å². The summed E-state index contributed by atoms with van der Waals surface area (Å²) in [5.41, 5.74) is 2.20. The van der Waals surface area contributed by atoms with Gasteiger partial charge in [0.25, 0.3) is 5.91 Å². The van der Waals surface area contributed by atoms with E-state index < -0.39 is 11.7 Å². The number of halogens is 1. The number of amides is 1. The zero-order valence-electron chi connectivity index (χ0n) is 8.70. The van der Waals surface area contributed by atoms with Crippen LogP contribution in [0.1, 0.15) is 10.4 Å². The van der Waals surface area contributed by atoms with Crippen LogP contribution in [-0.4, -0.2) is 15.9 Å². The molecule has 17 heavy (non-hydrogen) atoms. The van der Waals surface area contributed by atoms with E-state index in [2.05, 4.69) is 20.7 Å². The molecule has 1 aromatic carbocycles. The molecule has 1 amide bonds. The van der Waals surface area contributed by atoms with Crippen molar-refractivity contribution in [3.63, 3.8) is 0 Å². The van der Waals surface area contributed by atoms with Gasteiger partial charge in [-0.25, -0.2) is 9.37 Å². The monoisotopic (exact) mass is 235 g/mol. The summed E-state index contributed by atoms with van der Waals surface area (Å²) in [4.78, 5) is 18.3. The van der Waals surface area contributed by atoms with Crippen molar-refractivity contribution in [3.8, 4) is 0 Å². The number of aromatic nitrogens is 2. The van der Waals surface area contributed by atoms with Crippen molar-refractivity contribution in [3.05, 3.63) is 42.0 Å². The van der Waals surface area contributed by atoms with Crippen LogP contribution in [0.25, 0.3) is 0 Å². The summed E-state index contributed by atoms with van der Waals surface area (Å²) in [6.07, 6.45) is 3.05. The van der Waals surface area contributed by atoms with Crippen molar-refractivity contribution >= 4 is 17.5 Å². The summed E-state index contributed by atoms with van der Waals surface area (Å²) in [7, 11) is 0. The molecule has 0 aliphatic rings. The van der Waals surface area contributed by atoms with Crippen molar-refractivity contribution in [2.45, 2.75) is 0 Å². The predicted molar refractivity (Wildman–Crippen MR) is 60.8 cm³/mol. The Bertz CT molecular complexity index is 525. The van der Waals surface area contributed by atoms with Gasteiger partial charge in [0.15, 0.2) is 0 Å². The lowest BCUT2D eigenvalue weighted by Crippen LogP contribution is -2.18. The highest BCUT2D eigenvalue weighted by molar-refractivity contribution is 6.07. The molecule has 1 aromatic heterocycles. The number of benzene rings is 1. The van der Waals surface area contributed by atoms with Crippen LogP contribution in [0.2, 0.25) is 0 Å². The van der Waals surface area contributed by atoms with E-state index in [0.29, 0.717) is 0 Å². The largest absolute Gasteiger partial charge is 0.331 e. The van der Waals surface area contributed by atoms with Gasteiger partial charge in [-0.3, -0.25) is 16.0 Å². The van der Waals surface area contributed by atoms with Gasteiger partial charge in [0.2, 0.25) is 5.95 Å². The smallest absolute Gasteiger partial charge is 0.260 e. The van der Waals surface area contributed by atoms with E-state index in [4.69, 9.17) is 5.84 Å². The number of anilines is 2. The summed E-state index contributed by atoms with van der Waals surface area (Å²) >= 11 is 0. The van der Waals surface area contributed by atoms with Crippen LogP contribution >= 0.6 is 0 Å². The first-order valence-electron chi connectivity index (χ1n) is 4.78. The molecule has 2 rings (SSSR count). The van der Waals surface area contributed by atoms with Gasteiger partial charge in [-0.15, -0.1) is 0 Å². The Morgan fingerprint density at radius 1 is 1.47 bits per heavy atom. The van der Waals surface area contributed by atoms with E-state index in [0.717, 1.165) is 0 Å². The highest BCUT2D eigenvalue weighted by Crippen LogP contribution is 2.19. The van der Waals surface area contributed by atoms with Gasteiger partial charge in [-0.1, -0.05) is 6.07 Å². The molecule has 0 atom stereocenters. The number of nitrogen functional groups attached to an aromatic ring is 1. The highest BCUT2D eigenvalue weighted by Gasteiger charge is 2.14. The Kier molecular flexibility index (Phi) is 3.01. The van der Waals surface area contributed by atoms with Crippen LogP contribution < -0.4 is 16.6 Å². The summed E-state index contributed by atoms with van der Waals surface area (Å²) in [6, 6.07) is 4.09. The maximum Gasteiger partial charge on any atom is 0.260 e. The van der Waals surface area contributed by atoms with E-state index in [9.17, 15) is 9.18 Å². The average Bonchev–Trinajstić information content (AvgIpc) is 2.81. The molecule has 0 unspecified atom stereocenters. The van der Waals surface area contributed by atoms with Crippen molar-refractivity contribution in [1.82, 2.24) is 9.97 Å². The third kappa shape index (κ3) is 2.23. The summed E-state index contributed by atoms with van der Waals surface area (Å²) in [5.74, 6) is 4.34. The number of rotatable bonds is 3. The number of aromatic amines is 1. The van der Waals surface area contributed by atoms with E-state index in [1.165, 1.54) is 24.4 Å². The zero-order chi connectivity index (χ0) is 12.3. The van der Waals surface area contributed by atoms with Crippen LogP contribution in [0.15, 0.2) is 30.6 Å². The third-order valence-electron chi connectivity index (χ3n) is 2.13. The number of hydrogen-bond acceptors (Lipinski definition) is 4. The van der Waals surface area contributed by atoms with E-state index in [1.807, 2.05) is 0 Å². The second-order valence-corrected chi connectivity index (χ2v) is 3.20. The molecule has 2 aromatic rings. The maximum absolute atomic E-state index is 13.3. The Morgan fingerprint density at radius 3 is 2.94 bits per heavy atom. The number of carbonyl (C=O) groups excluding carboxylic acids is 1. The van der Waals surface area contributed by atoms with Gasteiger partial charge in [0.1, 0.15) is 5.82 Å². The van der Waals surface area contributed by atoms with E-state index in [-0.39, 0.29) is 17.2 Å². The van der Waals surface area contributed by atoms with Crippen molar-refractivity contribution < 1.29 is 9.18 Å². The van der Waals surface area contributed by atoms with Crippen molar-refractivity contribution in [1.29, 1.82) is 0 Å². The molecule has 0 saturated carbocycles. The minimum atomic E-state index is -0.598. The molecule has 0 spiro atoms. The number of imidazole rings is 1. The standard InChI is InChI=1S/C10H10FN5O/c11-7-3-1-2-6(8(7)16-12)9(17)15-10-13-4-5-14-10/h1-5,16H,12H2,(H2,13,14,15,17). The normalized spacial score (nSPS) is 10.0. The first-order chi connectivity index (χ1) is 8.22. The Labute approximate surface area is 96.0 Å². The van der Waals surface area contributed by atoms with E-state index >= 15 is 0 Å². The van der Waals surface area contributed by atoms with Gasteiger partial charge >= 0.3 is 0 Å². The predicted octanol–water partition coefficient (Wildman–Crippen LogP) is 1.09. The topological polar surface area (TPSA) is 95.8 Å². The molecule has 7 heteroatoms. The lowest BCUT2D eigenvalue weighted by Gasteiger charge is -2.08. The number of H-pyrrole nitrogens is 1. The number of hydrogen-bond donors (Lipinski definition) is 4. The number of hydrazine groups is 1. The van der Waals surface area contributed by atoms with Crippen molar-refractivity contribution in [2.24, 2.45) is 5.84 Å². The zero-order valence-corrected chi connectivity index (χ0v) is 8.70. The first kappa shape index (κ1) is 11.1. The van der Waals surface area contributed by atoms with Gasteiger partial charge in [0.05, 0.1) is 11.3 Å². The summed E-state index contributed by atoms with van der Waals surface area (Å²) in [6.45, 7) is 0. The Hall–Kier alpha value is -2.41.